The molecule has 3 heteroatoms. The molecule has 0 aromatic heterocycles. The molecule has 0 heterocycles. The summed E-state index contributed by atoms with van der Waals surface area (Å²) in [7, 11) is 0. The number of amides is 1. The molecule has 0 spiro atoms. The van der Waals surface area contributed by atoms with Crippen LogP contribution in [0, 0.1) is 12.3 Å². The Morgan fingerprint density at radius 1 is 1.37 bits per heavy atom. The normalized spacial score (nSPS) is 13.1. The van der Waals surface area contributed by atoms with E-state index in [1.807, 2.05) is 52.0 Å². The number of aryl methyl sites for hydroxylation is 1. The molecule has 0 aliphatic heterocycles. The van der Waals surface area contributed by atoms with Crippen LogP contribution >= 0.6 is 0 Å². The van der Waals surface area contributed by atoms with Gasteiger partial charge < -0.3 is 10.4 Å². The zero-order valence-electron chi connectivity index (χ0n) is 12.4. The first-order valence-corrected chi connectivity index (χ1v) is 6.79. The first-order chi connectivity index (χ1) is 8.79. The molecule has 0 radical (unpaired) electrons. The Bertz CT molecular complexity index is 421. The highest BCUT2D eigenvalue weighted by atomic mass is 16.3. The fourth-order valence-corrected chi connectivity index (χ4v) is 1.85. The van der Waals surface area contributed by atoms with Crippen LogP contribution in [0.3, 0.4) is 0 Å². The second kappa shape index (κ2) is 6.71. The molecule has 2 N–H and O–H groups in total. The summed E-state index contributed by atoms with van der Waals surface area (Å²) in [6.45, 7) is 8.51. The molecule has 1 aromatic rings. The maximum atomic E-state index is 11.8. The standard InChI is InChI=1S/C16H25NO2/c1-12-6-5-7-13(10-12)11-15(19)17-9-8-14(18)16(2,3)4/h5-7,10,14,18H,8-9,11H2,1-4H3,(H,17,19). The molecule has 0 bridgehead atoms. The van der Waals surface area contributed by atoms with Crippen molar-refractivity contribution in [3.63, 3.8) is 0 Å². The quantitative estimate of drug-likeness (QED) is 0.857. The largest absolute Gasteiger partial charge is 0.393 e. The van der Waals surface area contributed by atoms with Gasteiger partial charge in [0.25, 0.3) is 0 Å². The maximum Gasteiger partial charge on any atom is 0.224 e. The van der Waals surface area contributed by atoms with Crippen LogP contribution in [0.25, 0.3) is 0 Å². The van der Waals surface area contributed by atoms with Crippen molar-refractivity contribution in [3.05, 3.63) is 35.4 Å². The lowest BCUT2D eigenvalue weighted by Gasteiger charge is -2.25. The molecule has 0 aliphatic rings. The maximum absolute atomic E-state index is 11.8. The van der Waals surface area contributed by atoms with Crippen molar-refractivity contribution in [3.8, 4) is 0 Å². The average molecular weight is 263 g/mol. The number of aliphatic hydroxyl groups excluding tert-OH is 1. The number of rotatable bonds is 5. The van der Waals surface area contributed by atoms with Gasteiger partial charge in [-0.05, 0) is 24.3 Å². The molecule has 0 saturated heterocycles. The van der Waals surface area contributed by atoms with Crippen molar-refractivity contribution in [1.82, 2.24) is 5.32 Å². The molecule has 1 amide bonds. The third-order valence-electron chi connectivity index (χ3n) is 3.19. The van der Waals surface area contributed by atoms with E-state index in [0.717, 1.165) is 11.1 Å². The summed E-state index contributed by atoms with van der Waals surface area (Å²) >= 11 is 0. The van der Waals surface area contributed by atoms with Crippen LogP contribution in [0.1, 0.15) is 38.3 Å². The third kappa shape index (κ3) is 5.88. The zero-order chi connectivity index (χ0) is 14.5. The van der Waals surface area contributed by atoms with E-state index in [0.29, 0.717) is 19.4 Å². The van der Waals surface area contributed by atoms with Crippen molar-refractivity contribution in [2.45, 2.75) is 46.6 Å². The van der Waals surface area contributed by atoms with Crippen LogP contribution in [0.15, 0.2) is 24.3 Å². The predicted octanol–water partition coefficient (Wildman–Crippen LogP) is 2.45. The van der Waals surface area contributed by atoms with Gasteiger partial charge >= 0.3 is 0 Å². The van der Waals surface area contributed by atoms with Gasteiger partial charge in [0.15, 0.2) is 0 Å². The summed E-state index contributed by atoms with van der Waals surface area (Å²) in [6, 6.07) is 7.95. The molecule has 1 rings (SSSR count). The van der Waals surface area contributed by atoms with Gasteiger partial charge in [-0.25, -0.2) is 0 Å². The second-order valence-electron chi connectivity index (χ2n) is 6.19. The first-order valence-electron chi connectivity index (χ1n) is 6.79. The summed E-state index contributed by atoms with van der Waals surface area (Å²) in [5.41, 5.74) is 2.05. The summed E-state index contributed by atoms with van der Waals surface area (Å²) in [5.74, 6) is 0.00621. The van der Waals surface area contributed by atoms with Gasteiger partial charge in [-0.15, -0.1) is 0 Å². The van der Waals surface area contributed by atoms with Gasteiger partial charge in [0.2, 0.25) is 5.91 Å². The minimum atomic E-state index is -0.397. The fraction of sp³-hybridized carbons (Fsp3) is 0.562. The van der Waals surface area contributed by atoms with Crippen molar-refractivity contribution >= 4 is 5.91 Å². The summed E-state index contributed by atoms with van der Waals surface area (Å²) in [4.78, 5) is 11.8. The Hall–Kier alpha value is -1.35. The van der Waals surface area contributed by atoms with Gasteiger partial charge in [0.1, 0.15) is 0 Å². The van der Waals surface area contributed by atoms with Crippen molar-refractivity contribution in [2.75, 3.05) is 6.54 Å². The van der Waals surface area contributed by atoms with Crippen LogP contribution in [0.5, 0.6) is 0 Å². The van der Waals surface area contributed by atoms with Crippen LogP contribution < -0.4 is 5.32 Å². The van der Waals surface area contributed by atoms with Crippen molar-refractivity contribution in [1.29, 1.82) is 0 Å². The topological polar surface area (TPSA) is 49.3 Å². The highest BCUT2D eigenvalue weighted by Crippen LogP contribution is 2.20. The van der Waals surface area contributed by atoms with E-state index in [1.165, 1.54) is 0 Å². The summed E-state index contributed by atoms with van der Waals surface area (Å²) < 4.78 is 0. The Morgan fingerprint density at radius 2 is 2.05 bits per heavy atom. The molecule has 1 unspecified atom stereocenters. The van der Waals surface area contributed by atoms with Gasteiger partial charge in [-0.2, -0.15) is 0 Å². The van der Waals surface area contributed by atoms with Crippen LogP contribution in [-0.2, 0) is 11.2 Å². The van der Waals surface area contributed by atoms with E-state index in [-0.39, 0.29) is 11.3 Å². The molecule has 0 aliphatic carbocycles. The van der Waals surface area contributed by atoms with Gasteiger partial charge in [-0.3, -0.25) is 4.79 Å². The molecule has 1 atom stereocenters. The molecular weight excluding hydrogens is 238 g/mol. The first kappa shape index (κ1) is 15.7. The zero-order valence-corrected chi connectivity index (χ0v) is 12.4. The number of aliphatic hydroxyl groups is 1. The fourth-order valence-electron chi connectivity index (χ4n) is 1.85. The molecular formula is C16H25NO2. The molecule has 3 nitrogen and oxygen atoms in total. The number of carbonyl (C=O) groups excluding carboxylic acids is 1. The number of benzene rings is 1. The van der Waals surface area contributed by atoms with E-state index in [2.05, 4.69) is 5.32 Å². The SMILES string of the molecule is Cc1cccc(CC(=O)NCCC(O)C(C)(C)C)c1. The molecule has 19 heavy (non-hydrogen) atoms. The second-order valence-corrected chi connectivity index (χ2v) is 6.19. The lowest BCUT2D eigenvalue weighted by atomic mass is 9.87. The van der Waals surface area contributed by atoms with Gasteiger partial charge in [0.05, 0.1) is 12.5 Å². The molecule has 1 aromatic carbocycles. The van der Waals surface area contributed by atoms with Crippen molar-refractivity contribution < 1.29 is 9.90 Å². The minimum absolute atomic E-state index is 0.00621. The van der Waals surface area contributed by atoms with Gasteiger partial charge in [0, 0.05) is 6.54 Å². The number of hydrogen-bond acceptors (Lipinski definition) is 2. The van der Waals surface area contributed by atoms with E-state index < -0.39 is 6.10 Å². The number of hydrogen-bond donors (Lipinski definition) is 2. The highest BCUT2D eigenvalue weighted by Gasteiger charge is 2.21. The average Bonchev–Trinajstić information content (AvgIpc) is 2.27. The molecule has 106 valence electrons. The van der Waals surface area contributed by atoms with Crippen LogP contribution in [0.4, 0.5) is 0 Å². The minimum Gasteiger partial charge on any atom is -0.393 e. The van der Waals surface area contributed by atoms with E-state index in [1.54, 1.807) is 0 Å². The molecule has 0 saturated carbocycles. The van der Waals surface area contributed by atoms with Gasteiger partial charge in [-0.1, -0.05) is 50.6 Å². The van der Waals surface area contributed by atoms with Crippen molar-refractivity contribution in [2.24, 2.45) is 5.41 Å². The van der Waals surface area contributed by atoms with E-state index in [9.17, 15) is 9.90 Å². The van der Waals surface area contributed by atoms with E-state index >= 15 is 0 Å². The summed E-state index contributed by atoms with van der Waals surface area (Å²) in [5, 5.41) is 12.7. The Labute approximate surface area is 116 Å². The summed E-state index contributed by atoms with van der Waals surface area (Å²) in [6.07, 6.45) is 0.586. The number of carbonyl (C=O) groups is 1. The van der Waals surface area contributed by atoms with Crippen LogP contribution in [-0.4, -0.2) is 23.7 Å². The third-order valence-corrected chi connectivity index (χ3v) is 3.19. The Kier molecular flexibility index (Phi) is 5.55. The monoisotopic (exact) mass is 263 g/mol. The predicted molar refractivity (Wildman–Crippen MR) is 78.0 cm³/mol. The lowest BCUT2D eigenvalue weighted by Crippen LogP contribution is -2.33. The van der Waals surface area contributed by atoms with Crippen LogP contribution in [0.2, 0.25) is 0 Å². The number of nitrogens with one attached hydrogen (secondary N) is 1. The smallest absolute Gasteiger partial charge is 0.224 e. The molecule has 0 fully saturated rings. The Morgan fingerprint density at radius 3 is 2.63 bits per heavy atom. The Balaban J connectivity index is 2.33. The van der Waals surface area contributed by atoms with E-state index in [4.69, 9.17) is 0 Å². The highest BCUT2D eigenvalue weighted by molar-refractivity contribution is 5.78. The lowest BCUT2D eigenvalue weighted by molar-refractivity contribution is -0.120.